The fourth-order valence-corrected chi connectivity index (χ4v) is 0. The SMILES string of the molecule is P.[C]=O.[C]=O.[H-].[H-].[H-].[Rh+3]. The predicted molar refractivity (Wildman–Crippen MR) is 25.8 cm³/mol. The van der Waals surface area contributed by atoms with E-state index in [9.17, 15) is 0 Å². The molecule has 0 saturated carbocycles. The molecular weight excluding hydrogens is 190 g/mol. The molecule has 4 heteroatoms. The molecule has 0 aliphatic carbocycles. The summed E-state index contributed by atoms with van der Waals surface area (Å²) >= 11 is 0. The average molecular weight is 196 g/mol. The van der Waals surface area contributed by atoms with Gasteiger partial charge in [-0.2, -0.15) is 9.90 Å². The Morgan fingerprint density at radius 2 is 1.00 bits per heavy atom. The normalized spacial score (nSPS) is 1.33. The summed E-state index contributed by atoms with van der Waals surface area (Å²) in [5.41, 5.74) is 0. The summed E-state index contributed by atoms with van der Waals surface area (Å²) in [5.74, 6) is 0. The van der Waals surface area contributed by atoms with Crippen molar-refractivity contribution in [2.24, 2.45) is 0 Å². The van der Waals surface area contributed by atoms with Gasteiger partial charge in [0.2, 0.25) is 0 Å². The van der Waals surface area contributed by atoms with E-state index in [1.54, 1.807) is 0 Å². The van der Waals surface area contributed by atoms with Crippen molar-refractivity contribution >= 4 is 23.5 Å². The van der Waals surface area contributed by atoms with Crippen LogP contribution in [-0.2, 0) is 29.1 Å². The maximum Gasteiger partial charge on any atom is 3.00 e. The molecule has 0 aromatic rings. The van der Waals surface area contributed by atoms with E-state index in [-0.39, 0.29) is 33.7 Å². The Morgan fingerprint density at radius 1 is 1.00 bits per heavy atom. The summed E-state index contributed by atoms with van der Waals surface area (Å²) in [7, 11) is 0. The van der Waals surface area contributed by atoms with E-state index >= 15 is 0 Å². The molecule has 6 heavy (non-hydrogen) atoms. The number of hydrogen-bond donors (Lipinski definition) is 0. The molecule has 0 bridgehead atoms. The summed E-state index contributed by atoms with van der Waals surface area (Å²) in [6, 6.07) is 0. The second-order valence-electron chi connectivity index (χ2n) is 0. The molecule has 0 N–H and O–H groups in total. The molecule has 0 rings (SSSR count). The molecule has 1 unspecified atom stereocenters. The van der Waals surface area contributed by atoms with Gasteiger partial charge >= 0.3 is 19.5 Å². The molecule has 2 nitrogen and oxygen atoms in total. The third kappa shape index (κ3) is 327. The molecular formula is C2H6O2PRh. The fourth-order valence-electron chi connectivity index (χ4n) is 0. The summed E-state index contributed by atoms with van der Waals surface area (Å²) in [6.45, 7) is 9.00. The average Bonchev–Trinajstić information content (AvgIpc) is 1.50. The Bertz CT molecular complexity index is 21.8. The minimum atomic E-state index is 0. The standard InChI is InChI=1S/2CO.H3P.Rh.3H/c2*1-2;;;;;/h;;1H3;;;;/q;;;+3;3*-1. The quantitative estimate of drug-likeness (QED) is 0.390. The molecule has 0 fully saturated rings. The van der Waals surface area contributed by atoms with Gasteiger partial charge in [-0.15, -0.1) is 0 Å². The number of hydrogen-bond acceptors (Lipinski definition) is 2. The zero-order valence-electron chi connectivity index (χ0n) is 5.86. The Kier molecular flexibility index (Phi) is 3640. The van der Waals surface area contributed by atoms with Gasteiger partial charge in [0.25, 0.3) is 13.6 Å². The summed E-state index contributed by atoms with van der Waals surface area (Å²) in [4.78, 5) is 15.0. The molecule has 1 atom stereocenters. The van der Waals surface area contributed by atoms with Crippen LogP contribution in [0.25, 0.3) is 0 Å². The minimum Gasteiger partial charge on any atom is -1.00 e. The zero-order valence-corrected chi connectivity index (χ0v) is 5.91. The van der Waals surface area contributed by atoms with Crippen LogP contribution in [0, 0.1) is 0 Å². The van der Waals surface area contributed by atoms with Crippen LogP contribution >= 0.6 is 9.90 Å². The topological polar surface area (TPSA) is 34.1 Å². The summed E-state index contributed by atoms with van der Waals surface area (Å²) in [6.07, 6.45) is 0. The summed E-state index contributed by atoms with van der Waals surface area (Å²) in [5, 5.41) is 0. The van der Waals surface area contributed by atoms with Crippen molar-refractivity contribution in [2.45, 2.75) is 0 Å². The molecule has 0 aromatic heterocycles. The molecule has 0 aliphatic rings. The van der Waals surface area contributed by atoms with E-state index in [0.717, 1.165) is 0 Å². The minimum absolute atomic E-state index is 0. The predicted octanol–water partition coefficient (Wildman–Crippen LogP) is -0.401. The van der Waals surface area contributed by atoms with Crippen LogP contribution in [0.3, 0.4) is 0 Å². The third-order valence-corrected chi connectivity index (χ3v) is 0. The van der Waals surface area contributed by atoms with Crippen LogP contribution < -0.4 is 0 Å². The van der Waals surface area contributed by atoms with Crippen molar-refractivity contribution in [1.29, 1.82) is 0 Å². The Balaban J connectivity index is -0.00000000114. The van der Waals surface area contributed by atoms with E-state index in [2.05, 4.69) is 13.6 Å². The first-order chi connectivity index (χ1) is 2.00. The summed E-state index contributed by atoms with van der Waals surface area (Å²) < 4.78 is 0. The monoisotopic (exact) mass is 196 g/mol. The van der Waals surface area contributed by atoms with E-state index in [4.69, 9.17) is 9.59 Å². The Labute approximate surface area is 57.5 Å². The van der Waals surface area contributed by atoms with Gasteiger partial charge in [-0.3, -0.25) is 9.59 Å². The number of rotatable bonds is 0. The van der Waals surface area contributed by atoms with Gasteiger partial charge in [-0.1, -0.05) is 0 Å². The molecule has 0 heterocycles. The van der Waals surface area contributed by atoms with Crippen LogP contribution in [0.5, 0.6) is 0 Å². The molecule has 0 amide bonds. The van der Waals surface area contributed by atoms with Crippen LogP contribution in [0.2, 0.25) is 0 Å². The second kappa shape index (κ2) is 673. The molecule has 40 valence electrons. The van der Waals surface area contributed by atoms with E-state index < -0.39 is 0 Å². The molecule has 0 spiro atoms. The smallest absolute Gasteiger partial charge is 1.00 e. The van der Waals surface area contributed by atoms with Gasteiger partial charge in [0.15, 0.2) is 0 Å². The van der Waals surface area contributed by atoms with Gasteiger partial charge in [-0.05, 0) is 0 Å². The maximum absolute atomic E-state index is 7.50. The van der Waals surface area contributed by atoms with Gasteiger partial charge in [0.1, 0.15) is 0 Å². The Morgan fingerprint density at radius 3 is 1.00 bits per heavy atom. The first-order valence-electron chi connectivity index (χ1n) is 0.408. The van der Waals surface area contributed by atoms with Crippen LogP contribution in [0.4, 0.5) is 0 Å². The van der Waals surface area contributed by atoms with Crippen molar-refractivity contribution in [3.8, 4) is 0 Å². The maximum atomic E-state index is 7.50. The van der Waals surface area contributed by atoms with Crippen molar-refractivity contribution < 1.29 is 33.3 Å². The molecule has 0 saturated heterocycles. The van der Waals surface area contributed by atoms with Gasteiger partial charge < -0.3 is 4.28 Å². The van der Waals surface area contributed by atoms with Gasteiger partial charge in [-0.25, -0.2) is 0 Å². The largest absolute Gasteiger partial charge is 3.00 e. The van der Waals surface area contributed by atoms with Gasteiger partial charge in [0.05, 0.1) is 0 Å². The molecule has 4 radical (unpaired) electrons. The second-order valence-corrected chi connectivity index (χ2v) is 0. The van der Waals surface area contributed by atoms with Gasteiger partial charge in [0, 0.05) is 0 Å². The van der Waals surface area contributed by atoms with Crippen molar-refractivity contribution in [1.82, 2.24) is 0 Å². The fraction of sp³-hybridized carbons (Fsp3) is 0. The van der Waals surface area contributed by atoms with E-state index in [1.165, 1.54) is 0 Å². The van der Waals surface area contributed by atoms with Crippen molar-refractivity contribution in [2.75, 3.05) is 0 Å². The van der Waals surface area contributed by atoms with Crippen LogP contribution in [0.1, 0.15) is 4.28 Å². The first kappa shape index (κ1) is 32.5. The van der Waals surface area contributed by atoms with Crippen LogP contribution in [0.15, 0.2) is 0 Å². The van der Waals surface area contributed by atoms with E-state index in [0.29, 0.717) is 0 Å². The van der Waals surface area contributed by atoms with Crippen molar-refractivity contribution in [3.63, 3.8) is 0 Å². The Hall–Kier alpha value is 0.393. The molecule has 0 aromatic carbocycles. The number of carbonyl (C=O) groups excluding carboxylic acids is 2. The van der Waals surface area contributed by atoms with E-state index in [1.807, 2.05) is 0 Å². The molecule has 0 aliphatic heterocycles. The zero-order chi connectivity index (χ0) is 4.00. The van der Waals surface area contributed by atoms with Crippen LogP contribution in [-0.4, -0.2) is 13.6 Å². The van der Waals surface area contributed by atoms with Crippen molar-refractivity contribution in [3.05, 3.63) is 0 Å². The third-order valence-electron chi connectivity index (χ3n) is 0. The first-order valence-corrected chi connectivity index (χ1v) is 0.408.